The number of anilines is 3. The lowest BCUT2D eigenvalue weighted by Gasteiger charge is -2.16. The number of hydrogen-bond donors (Lipinski definition) is 4. The lowest BCUT2D eigenvalue weighted by molar-refractivity contribution is -0.143. The van der Waals surface area contributed by atoms with E-state index >= 15 is 0 Å². The molecule has 0 saturated heterocycles. The molecule has 12 heteroatoms. The van der Waals surface area contributed by atoms with Crippen LogP contribution in [0.2, 0.25) is 0 Å². The summed E-state index contributed by atoms with van der Waals surface area (Å²) in [6, 6.07) is 2.29. The number of nitrogens with two attached hydrogens (primary N) is 3. The summed E-state index contributed by atoms with van der Waals surface area (Å²) in [7, 11) is 0. The third-order valence-corrected chi connectivity index (χ3v) is 3.22. The van der Waals surface area contributed by atoms with E-state index < -0.39 is 30.1 Å². The van der Waals surface area contributed by atoms with Crippen LogP contribution in [0.3, 0.4) is 0 Å². The molecule has 1 heterocycles. The molecular formula is C14H13F6N5O. The van der Waals surface area contributed by atoms with Crippen molar-refractivity contribution in [1.29, 1.82) is 0 Å². The zero-order valence-corrected chi connectivity index (χ0v) is 12.9. The number of nitrogens with one attached hydrogen (secondary N) is 1. The van der Waals surface area contributed by atoms with Gasteiger partial charge in [-0.05, 0) is 23.8 Å². The van der Waals surface area contributed by atoms with Crippen LogP contribution in [0.1, 0.15) is 16.7 Å². The minimum Gasteiger partial charge on any atom is -0.486 e. The minimum atomic E-state index is -4.95. The van der Waals surface area contributed by atoms with Crippen LogP contribution in [0.15, 0.2) is 24.3 Å². The van der Waals surface area contributed by atoms with Crippen molar-refractivity contribution in [3.05, 3.63) is 41.0 Å². The number of hydrogen-bond acceptors (Lipinski definition) is 6. The maximum atomic E-state index is 12.8. The highest BCUT2D eigenvalue weighted by Gasteiger charge is 2.36. The summed E-state index contributed by atoms with van der Waals surface area (Å²) in [5.41, 5.74) is 9.96. The normalized spacial score (nSPS) is 12.1. The Hall–Kier alpha value is -2.89. The standard InChI is InChI=1S/C14H13F6N5O/c15-13(16,17)7-1-6(2-8(3-7)14(18,19)20)5-26-9-4-10(21)24-12(25-23)11(9)22/h1-4H,5,22-23H2,(H3,21,24,25). The lowest BCUT2D eigenvalue weighted by Crippen LogP contribution is -2.14. The molecule has 6 nitrogen and oxygen atoms in total. The second kappa shape index (κ2) is 6.78. The van der Waals surface area contributed by atoms with E-state index in [9.17, 15) is 26.3 Å². The number of halogens is 6. The van der Waals surface area contributed by atoms with E-state index in [4.69, 9.17) is 22.0 Å². The van der Waals surface area contributed by atoms with Crippen molar-refractivity contribution in [3.8, 4) is 5.75 Å². The van der Waals surface area contributed by atoms with Crippen molar-refractivity contribution in [3.63, 3.8) is 0 Å². The first-order chi connectivity index (χ1) is 11.9. The van der Waals surface area contributed by atoms with E-state index in [2.05, 4.69) is 10.4 Å². The molecule has 7 N–H and O–H groups in total. The summed E-state index contributed by atoms with van der Waals surface area (Å²) in [5.74, 6) is 4.95. The summed E-state index contributed by atoms with van der Waals surface area (Å²) < 4.78 is 82.2. The van der Waals surface area contributed by atoms with Gasteiger partial charge in [-0.1, -0.05) is 0 Å². The van der Waals surface area contributed by atoms with Crippen LogP contribution in [0.25, 0.3) is 0 Å². The smallest absolute Gasteiger partial charge is 0.416 e. The third kappa shape index (κ3) is 4.39. The summed E-state index contributed by atoms with van der Waals surface area (Å²) in [6.45, 7) is -0.620. The number of ether oxygens (including phenoxy) is 1. The molecule has 0 radical (unpaired) electrons. The molecule has 1 aromatic carbocycles. The molecule has 0 aliphatic rings. The molecule has 1 aromatic heterocycles. The number of pyridine rings is 1. The number of aromatic nitrogens is 1. The van der Waals surface area contributed by atoms with Crippen LogP contribution in [-0.4, -0.2) is 4.98 Å². The van der Waals surface area contributed by atoms with E-state index in [1.165, 1.54) is 0 Å². The monoisotopic (exact) mass is 381 g/mol. The van der Waals surface area contributed by atoms with Gasteiger partial charge in [0, 0.05) is 6.07 Å². The topological polar surface area (TPSA) is 112 Å². The fourth-order valence-corrected chi connectivity index (χ4v) is 2.04. The van der Waals surface area contributed by atoms with E-state index in [1.54, 1.807) is 0 Å². The van der Waals surface area contributed by atoms with Crippen LogP contribution in [0.4, 0.5) is 43.7 Å². The average molecular weight is 381 g/mol. The van der Waals surface area contributed by atoms with Gasteiger partial charge in [0.2, 0.25) is 0 Å². The molecule has 0 bridgehead atoms. The molecule has 142 valence electrons. The maximum absolute atomic E-state index is 12.8. The van der Waals surface area contributed by atoms with Crippen LogP contribution < -0.4 is 27.5 Å². The second-order valence-corrected chi connectivity index (χ2v) is 5.15. The number of nitrogens with zero attached hydrogens (tertiary/aromatic N) is 1. The van der Waals surface area contributed by atoms with Gasteiger partial charge in [-0.15, -0.1) is 0 Å². The molecule has 0 aliphatic heterocycles. The number of rotatable bonds is 4. The number of alkyl halides is 6. The first-order valence-electron chi connectivity index (χ1n) is 6.85. The maximum Gasteiger partial charge on any atom is 0.416 e. The fourth-order valence-electron chi connectivity index (χ4n) is 2.04. The van der Waals surface area contributed by atoms with Crippen molar-refractivity contribution in [1.82, 2.24) is 4.98 Å². The first-order valence-corrected chi connectivity index (χ1v) is 6.85. The Morgan fingerprint density at radius 2 is 1.46 bits per heavy atom. The van der Waals surface area contributed by atoms with Gasteiger partial charge >= 0.3 is 12.4 Å². The second-order valence-electron chi connectivity index (χ2n) is 5.15. The largest absolute Gasteiger partial charge is 0.486 e. The summed E-state index contributed by atoms with van der Waals surface area (Å²) >= 11 is 0. The molecular weight excluding hydrogens is 368 g/mol. The summed E-state index contributed by atoms with van der Waals surface area (Å²) in [5, 5.41) is 0. The zero-order chi connectivity index (χ0) is 19.7. The number of hydrazine groups is 1. The van der Waals surface area contributed by atoms with Gasteiger partial charge in [0.05, 0.1) is 11.1 Å². The molecule has 0 fully saturated rings. The molecule has 0 spiro atoms. The highest BCUT2D eigenvalue weighted by molar-refractivity contribution is 5.71. The van der Waals surface area contributed by atoms with E-state index in [0.717, 1.165) is 6.07 Å². The van der Waals surface area contributed by atoms with Crippen LogP contribution >= 0.6 is 0 Å². The third-order valence-electron chi connectivity index (χ3n) is 3.22. The van der Waals surface area contributed by atoms with Gasteiger partial charge in [0.25, 0.3) is 0 Å². The Kier molecular flexibility index (Phi) is 5.07. The molecule has 0 amide bonds. The van der Waals surface area contributed by atoms with Gasteiger partial charge in [-0.3, -0.25) is 0 Å². The molecule has 0 atom stereocenters. The number of benzene rings is 1. The van der Waals surface area contributed by atoms with E-state index in [1.807, 2.05) is 0 Å². The Morgan fingerprint density at radius 1 is 0.923 bits per heavy atom. The van der Waals surface area contributed by atoms with Crippen molar-refractivity contribution in [2.45, 2.75) is 19.0 Å². The van der Waals surface area contributed by atoms with Gasteiger partial charge < -0.3 is 21.6 Å². The minimum absolute atomic E-state index is 0.0265. The molecule has 2 rings (SSSR count). The first kappa shape index (κ1) is 19.4. The van der Waals surface area contributed by atoms with Crippen molar-refractivity contribution in [2.75, 3.05) is 16.9 Å². The summed E-state index contributed by atoms with van der Waals surface area (Å²) in [4.78, 5) is 3.74. The number of nitrogen functional groups attached to an aromatic ring is 3. The average Bonchev–Trinajstić information content (AvgIpc) is 2.53. The fraction of sp³-hybridized carbons (Fsp3) is 0.214. The highest BCUT2D eigenvalue weighted by atomic mass is 19.4. The lowest BCUT2D eigenvalue weighted by atomic mass is 10.1. The zero-order valence-electron chi connectivity index (χ0n) is 12.9. The van der Waals surface area contributed by atoms with E-state index in [-0.39, 0.29) is 34.7 Å². The Balaban J connectivity index is 2.37. The molecule has 26 heavy (non-hydrogen) atoms. The van der Waals surface area contributed by atoms with Gasteiger partial charge in [-0.25, -0.2) is 10.8 Å². The quantitative estimate of drug-likeness (QED) is 0.368. The van der Waals surface area contributed by atoms with Crippen LogP contribution in [0.5, 0.6) is 5.75 Å². The Bertz CT molecular complexity index is 773. The SMILES string of the molecule is NNc1nc(N)cc(OCc2cc(C(F)(F)F)cc(C(F)(F)F)c2)c1N. The Labute approximate surface area is 142 Å². The van der Waals surface area contributed by atoms with Gasteiger partial charge in [0.1, 0.15) is 23.9 Å². The Morgan fingerprint density at radius 3 is 1.92 bits per heavy atom. The molecule has 0 unspecified atom stereocenters. The van der Waals surface area contributed by atoms with Crippen molar-refractivity contribution in [2.24, 2.45) is 5.84 Å². The van der Waals surface area contributed by atoms with Gasteiger partial charge in [0.15, 0.2) is 5.82 Å². The predicted molar refractivity (Wildman–Crippen MR) is 81.6 cm³/mol. The molecule has 0 aliphatic carbocycles. The molecule has 0 saturated carbocycles. The van der Waals surface area contributed by atoms with Crippen LogP contribution in [-0.2, 0) is 19.0 Å². The van der Waals surface area contributed by atoms with E-state index in [0.29, 0.717) is 12.1 Å². The van der Waals surface area contributed by atoms with Crippen molar-refractivity contribution < 1.29 is 31.1 Å². The van der Waals surface area contributed by atoms with Crippen molar-refractivity contribution >= 4 is 17.3 Å². The highest BCUT2D eigenvalue weighted by Crippen LogP contribution is 2.37. The van der Waals surface area contributed by atoms with Gasteiger partial charge in [-0.2, -0.15) is 26.3 Å². The summed E-state index contributed by atoms with van der Waals surface area (Å²) in [6.07, 6.45) is -9.90. The molecule has 2 aromatic rings. The predicted octanol–water partition coefficient (Wildman–Crippen LogP) is 3.15. The van der Waals surface area contributed by atoms with Crippen LogP contribution in [0, 0.1) is 0 Å².